The summed E-state index contributed by atoms with van der Waals surface area (Å²) in [6.07, 6.45) is 8.87. The van der Waals surface area contributed by atoms with Crippen LogP contribution in [0.2, 0.25) is 0 Å². The molecule has 124 valence electrons. The molecule has 1 heterocycles. The van der Waals surface area contributed by atoms with Crippen LogP contribution in [0.3, 0.4) is 0 Å². The van der Waals surface area contributed by atoms with Gasteiger partial charge in [0.25, 0.3) is 5.91 Å². The average molecular weight is 317 g/mol. The molecule has 2 N–H and O–H groups in total. The number of carbonyl (C=O) groups excluding carboxylic acids is 1. The van der Waals surface area contributed by atoms with Crippen molar-refractivity contribution in [3.63, 3.8) is 0 Å². The predicted octanol–water partition coefficient (Wildman–Crippen LogP) is 2.06. The average Bonchev–Trinajstić information content (AvgIpc) is 2.91. The molecule has 23 heavy (non-hydrogen) atoms. The minimum atomic E-state index is -0.882. The number of nitrogens with zero attached hydrogens (tertiary/aromatic N) is 2. The number of amides is 1. The summed E-state index contributed by atoms with van der Waals surface area (Å²) in [6.45, 7) is 0.228. The van der Waals surface area contributed by atoms with Crippen LogP contribution in [0.1, 0.15) is 55.4 Å². The molecular weight excluding hydrogens is 294 g/mol. The smallest absolute Gasteiger partial charge is 0.305 e. The fourth-order valence-corrected chi connectivity index (χ4v) is 5.47. The zero-order valence-corrected chi connectivity index (χ0v) is 13.2. The Morgan fingerprint density at radius 2 is 1.83 bits per heavy atom. The van der Waals surface area contributed by atoms with Crippen molar-refractivity contribution in [2.45, 2.75) is 57.0 Å². The van der Waals surface area contributed by atoms with Gasteiger partial charge in [-0.15, -0.1) is 0 Å². The van der Waals surface area contributed by atoms with Crippen molar-refractivity contribution in [3.05, 3.63) is 18.0 Å². The largest absolute Gasteiger partial charge is 0.481 e. The molecule has 4 aliphatic rings. The number of carboxylic acids is 1. The molecule has 0 saturated heterocycles. The lowest BCUT2D eigenvalue weighted by molar-refractivity contribution is -0.137. The van der Waals surface area contributed by atoms with Gasteiger partial charge in [-0.05, 0) is 62.3 Å². The van der Waals surface area contributed by atoms with E-state index in [4.69, 9.17) is 5.11 Å². The molecule has 1 aromatic rings. The summed E-state index contributed by atoms with van der Waals surface area (Å²) in [6, 6.07) is 1.68. The van der Waals surface area contributed by atoms with Gasteiger partial charge in [0, 0.05) is 11.7 Å². The Morgan fingerprint density at radius 3 is 2.39 bits per heavy atom. The summed E-state index contributed by atoms with van der Waals surface area (Å²) in [5.74, 6) is 1.35. The molecule has 0 aliphatic heterocycles. The lowest BCUT2D eigenvalue weighted by atomic mass is 9.53. The van der Waals surface area contributed by atoms with Crippen molar-refractivity contribution in [1.82, 2.24) is 15.1 Å². The molecule has 0 spiro atoms. The van der Waals surface area contributed by atoms with Gasteiger partial charge in [-0.1, -0.05) is 0 Å². The lowest BCUT2D eigenvalue weighted by Crippen LogP contribution is -2.60. The molecule has 6 nitrogen and oxygen atoms in total. The van der Waals surface area contributed by atoms with Gasteiger partial charge in [-0.25, -0.2) is 0 Å². The summed E-state index contributed by atoms with van der Waals surface area (Å²) in [7, 11) is 0. The van der Waals surface area contributed by atoms with Crippen LogP contribution in [-0.2, 0) is 11.3 Å². The molecule has 4 saturated carbocycles. The molecule has 1 aromatic heterocycles. The fraction of sp³-hybridized carbons (Fsp3) is 0.706. The van der Waals surface area contributed by atoms with Gasteiger partial charge < -0.3 is 10.4 Å². The first kappa shape index (κ1) is 14.7. The Kier molecular flexibility index (Phi) is 3.43. The Hall–Kier alpha value is -1.85. The molecular formula is C17H23N3O3. The Labute approximate surface area is 135 Å². The molecule has 0 aromatic carbocycles. The van der Waals surface area contributed by atoms with Gasteiger partial charge in [0.15, 0.2) is 0 Å². The highest BCUT2D eigenvalue weighted by Crippen LogP contribution is 2.55. The van der Waals surface area contributed by atoms with E-state index in [-0.39, 0.29) is 24.4 Å². The van der Waals surface area contributed by atoms with E-state index in [0.29, 0.717) is 5.69 Å². The minimum absolute atomic E-state index is 0.0284. The first-order chi connectivity index (χ1) is 11.0. The predicted molar refractivity (Wildman–Crippen MR) is 82.8 cm³/mol. The highest BCUT2D eigenvalue weighted by molar-refractivity contribution is 5.93. The van der Waals surface area contributed by atoms with E-state index in [0.717, 1.165) is 37.0 Å². The molecule has 4 bridgehead atoms. The molecule has 5 rings (SSSR count). The zero-order chi connectivity index (χ0) is 16.0. The highest BCUT2D eigenvalue weighted by atomic mass is 16.4. The SMILES string of the molecule is O=C(O)CCn1nccc1C(=O)NC12CC3CC(CC(C3)C1)C2. The number of nitrogens with one attached hydrogen (secondary N) is 1. The molecule has 4 fully saturated rings. The van der Waals surface area contributed by atoms with Crippen LogP contribution in [0.15, 0.2) is 12.3 Å². The number of aryl methyl sites for hydroxylation is 1. The van der Waals surface area contributed by atoms with Crippen molar-refractivity contribution in [2.24, 2.45) is 17.8 Å². The van der Waals surface area contributed by atoms with Gasteiger partial charge in [0.1, 0.15) is 5.69 Å². The van der Waals surface area contributed by atoms with Gasteiger partial charge in [-0.3, -0.25) is 14.3 Å². The number of carbonyl (C=O) groups is 2. The third kappa shape index (κ3) is 2.75. The van der Waals surface area contributed by atoms with E-state index < -0.39 is 5.97 Å². The monoisotopic (exact) mass is 317 g/mol. The molecule has 0 radical (unpaired) electrons. The summed E-state index contributed by atoms with van der Waals surface area (Å²) < 4.78 is 1.50. The number of hydrogen-bond donors (Lipinski definition) is 2. The maximum Gasteiger partial charge on any atom is 0.305 e. The van der Waals surface area contributed by atoms with Crippen molar-refractivity contribution >= 4 is 11.9 Å². The van der Waals surface area contributed by atoms with Gasteiger partial charge >= 0.3 is 5.97 Å². The minimum Gasteiger partial charge on any atom is -0.481 e. The fourth-order valence-electron chi connectivity index (χ4n) is 5.47. The summed E-state index contributed by atoms with van der Waals surface area (Å²) in [4.78, 5) is 23.5. The van der Waals surface area contributed by atoms with Crippen molar-refractivity contribution < 1.29 is 14.7 Å². The van der Waals surface area contributed by atoms with Crippen LogP contribution in [0.25, 0.3) is 0 Å². The van der Waals surface area contributed by atoms with Crippen molar-refractivity contribution in [3.8, 4) is 0 Å². The van der Waals surface area contributed by atoms with Crippen LogP contribution in [0.4, 0.5) is 0 Å². The van der Waals surface area contributed by atoms with Gasteiger partial charge in [0.2, 0.25) is 0 Å². The standard InChI is InChI=1S/C17H23N3O3/c21-15(22)2-4-20-14(1-3-18-20)16(23)19-17-8-11-5-12(9-17)7-13(6-11)10-17/h1,3,11-13H,2,4-10H2,(H,19,23)(H,21,22). The topological polar surface area (TPSA) is 84.2 Å². The first-order valence-corrected chi connectivity index (χ1v) is 8.59. The van der Waals surface area contributed by atoms with Crippen LogP contribution >= 0.6 is 0 Å². The number of aliphatic carboxylic acids is 1. The maximum absolute atomic E-state index is 12.7. The van der Waals surface area contributed by atoms with Gasteiger partial charge in [-0.2, -0.15) is 5.10 Å². The van der Waals surface area contributed by atoms with Gasteiger partial charge in [0.05, 0.1) is 13.0 Å². The van der Waals surface area contributed by atoms with E-state index >= 15 is 0 Å². The van der Waals surface area contributed by atoms with E-state index in [1.165, 1.54) is 23.9 Å². The molecule has 6 heteroatoms. The van der Waals surface area contributed by atoms with E-state index in [1.54, 1.807) is 12.3 Å². The third-order valence-electron chi connectivity index (χ3n) is 5.90. The third-order valence-corrected chi connectivity index (χ3v) is 5.90. The molecule has 1 amide bonds. The second kappa shape index (κ2) is 5.35. The highest BCUT2D eigenvalue weighted by Gasteiger charge is 2.51. The molecule has 0 atom stereocenters. The Balaban J connectivity index is 1.48. The van der Waals surface area contributed by atoms with Crippen molar-refractivity contribution in [1.29, 1.82) is 0 Å². The second-order valence-corrected chi connectivity index (χ2v) is 7.74. The van der Waals surface area contributed by atoms with E-state index in [1.807, 2.05) is 0 Å². The Bertz CT molecular complexity index is 601. The maximum atomic E-state index is 12.7. The van der Waals surface area contributed by atoms with Crippen LogP contribution in [-0.4, -0.2) is 32.3 Å². The second-order valence-electron chi connectivity index (χ2n) is 7.74. The number of rotatable bonds is 5. The number of carboxylic acid groups (broad SMARTS) is 1. The normalized spacial score (nSPS) is 34.5. The first-order valence-electron chi connectivity index (χ1n) is 8.59. The number of aromatic nitrogens is 2. The van der Waals surface area contributed by atoms with Crippen LogP contribution < -0.4 is 5.32 Å². The van der Waals surface area contributed by atoms with Crippen LogP contribution in [0.5, 0.6) is 0 Å². The lowest BCUT2D eigenvalue weighted by Gasteiger charge is -2.56. The van der Waals surface area contributed by atoms with Crippen molar-refractivity contribution in [2.75, 3.05) is 0 Å². The molecule has 0 unspecified atom stereocenters. The van der Waals surface area contributed by atoms with E-state index in [2.05, 4.69) is 10.4 Å². The zero-order valence-electron chi connectivity index (χ0n) is 13.2. The number of hydrogen-bond acceptors (Lipinski definition) is 3. The molecule has 4 aliphatic carbocycles. The summed E-state index contributed by atoms with van der Waals surface area (Å²) >= 11 is 0. The Morgan fingerprint density at radius 1 is 1.22 bits per heavy atom. The van der Waals surface area contributed by atoms with Crippen LogP contribution in [0, 0.1) is 17.8 Å². The quantitative estimate of drug-likeness (QED) is 0.870. The van der Waals surface area contributed by atoms with E-state index in [9.17, 15) is 9.59 Å². The summed E-state index contributed by atoms with van der Waals surface area (Å²) in [5, 5.41) is 16.2. The summed E-state index contributed by atoms with van der Waals surface area (Å²) in [5.41, 5.74) is 0.440.